The number of nitrogens with zero attached hydrogens (tertiary/aromatic N) is 1. The van der Waals surface area contributed by atoms with E-state index in [1.807, 2.05) is 0 Å². The Kier molecular flexibility index (Phi) is 7.27. The molecule has 1 saturated heterocycles. The van der Waals surface area contributed by atoms with Crippen LogP contribution in [-0.2, 0) is 4.79 Å². The summed E-state index contributed by atoms with van der Waals surface area (Å²) in [6.07, 6.45) is -0.334. The average Bonchev–Trinajstić information content (AvgIpc) is 2.41. The highest BCUT2D eigenvalue weighted by Crippen LogP contribution is 1.94. The molecule has 1 fully saturated rings. The topological polar surface area (TPSA) is 114 Å². The summed E-state index contributed by atoms with van der Waals surface area (Å²) < 4.78 is 0. The Morgan fingerprint density at radius 3 is 2.55 bits per heavy atom. The van der Waals surface area contributed by atoms with Gasteiger partial charge in [-0.05, 0) is 19.9 Å². The van der Waals surface area contributed by atoms with E-state index in [1.165, 1.54) is 6.92 Å². The molecule has 2 amide bonds. The molecule has 0 spiro atoms. The number of urea groups is 1. The molecule has 116 valence electrons. The van der Waals surface area contributed by atoms with Crippen molar-refractivity contribution in [2.75, 3.05) is 39.3 Å². The number of carbonyl (C=O) groups is 2. The molecule has 1 aliphatic heterocycles. The Balaban J connectivity index is 2.14. The van der Waals surface area contributed by atoms with Gasteiger partial charge in [-0.1, -0.05) is 0 Å². The minimum absolute atomic E-state index is 0.474. The van der Waals surface area contributed by atoms with Crippen LogP contribution < -0.4 is 16.0 Å². The van der Waals surface area contributed by atoms with Crippen molar-refractivity contribution in [2.45, 2.75) is 25.5 Å². The predicted octanol–water partition coefficient (Wildman–Crippen LogP) is -1.59. The molecule has 8 nitrogen and oxygen atoms in total. The van der Waals surface area contributed by atoms with Gasteiger partial charge in [-0.2, -0.15) is 0 Å². The number of aliphatic hydroxyl groups excluding tert-OH is 1. The van der Waals surface area contributed by atoms with Gasteiger partial charge in [0.05, 0.1) is 6.10 Å². The fraction of sp³-hybridized carbons (Fsp3) is 0.833. The van der Waals surface area contributed by atoms with Crippen molar-refractivity contribution >= 4 is 12.0 Å². The highest BCUT2D eigenvalue weighted by atomic mass is 16.4. The fourth-order valence-electron chi connectivity index (χ4n) is 2.02. The summed E-state index contributed by atoms with van der Waals surface area (Å²) in [6.45, 7) is 6.70. The van der Waals surface area contributed by atoms with E-state index in [0.29, 0.717) is 6.54 Å². The Morgan fingerprint density at radius 2 is 2.00 bits per heavy atom. The van der Waals surface area contributed by atoms with Gasteiger partial charge in [0.25, 0.3) is 0 Å². The van der Waals surface area contributed by atoms with E-state index in [4.69, 9.17) is 5.11 Å². The van der Waals surface area contributed by atoms with Crippen molar-refractivity contribution in [1.29, 1.82) is 0 Å². The Morgan fingerprint density at radius 1 is 1.35 bits per heavy atom. The fourth-order valence-corrected chi connectivity index (χ4v) is 2.02. The lowest BCUT2D eigenvalue weighted by molar-refractivity contribution is -0.141. The molecule has 0 aromatic rings. The van der Waals surface area contributed by atoms with Crippen LogP contribution in [0.25, 0.3) is 0 Å². The van der Waals surface area contributed by atoms with Crippen LogP contribution in [-0.4, -0.2) is 78.5 Å². The zero-order chi connectivity index (χ0) is 15.0. The molecule has 0 aliphatic carbocycles. The number of carboxylic acid groups (broad SMARTS) is 1. The van der Waals surface area contributed by atoms with Gasteiger partial charge in [0.2, 0.25) is 0 Å². The predicted molar refractivity (Wildman–Crippen MR) is 73.6 cm³/mol. The largest absolute Gasteiger partial charge is 0.480 e. The minimum Gasteiger partial charge on any atom is -0.480 e. The number of nitrogens with one attached hydrogen (secondary N) is 3. The molecule has 1 rings (SSSR count). The first-order valence-corrected chi connectivity index (χ1v) is 6.89. The maximum absolute atomic E-state index is 11.5. The Bertz CT molecular complexity index is 319. The molecular formula is C12H24N4O4. The van der Waals surface area contributed by atoms with Gasteiger partial charge in [-0.25, -0.2) is 9.59 Å². The number of carbonyl (C=O) groups excluding carboxylic acids is 1. The molecule has 1 aliphatic rings. The van der Waals surface area contributed by atoms with Crippen LogP contribution >= 0.6 is 0 Å². The van der Waals surface area contributed by atoms with Crippen LogP contribution in [0.15, 0.2) is 0 Å². The second-order valence-electron chi connectivity index (χ2n) is 4.90. The van der Waals surface area contributed by atoms with Gasteiger partial charge in [0.15, 0.2) is 6.04 Å². The zero-order valence-corrected chi connectivity index (χ0v) is 11.8. The maximum Gasteiger partial charge on any atom is 0.328 e. The highest BCUT2D eigenvalue weighted by molar-refractivity contribution is 5.82. The highest BCUT2D eigenvalue weighted by Gasteiger charge is 2.24. The first kappa shape index (κ1) is 16.7. The van der Waals surface area contributed by atoms with E-state index < -0.39 is 24.1 Å². The maximum atomic E-state index is 11.5. The van der Waals surface area contributed by atoms with Gasteiger partial charge in [-0.3, -0.25) is 0 Å². The monoisotopic (exact) mass is 288 g/mol. The number of carboxylic acids is 1. The number of hydrogen-bond donors (Lipinski definition) is 5. The van der Waals surface area contributed by atoms with E-state index in [1.54, 1.807) is 0 Å². The second-order valence-corrected chi connectivity index (χ2v) is 4.90. The minimum atomic E-state index is -1.29. The summed E-state index contributed by atoms with van der Waals surface area (Å²) in [5, 5.41) is 26.1. The average molecular weight is 288 g/mol. The Labute approximate surface area is 118 Å². The van der Waals surface area contributed by atoms with Crippen LogP contribution in [0, 0.1) is 0 Å². The van der Waals surface area contributed by atoms with Crippen LogP contribution in [0.1, 0.15) is 13.3 Å². The van der Waals surface area contributed by atoms with E-state index in [2.05, 4.69) is 20.9 Å². The zero-order valence-electron chi connectivity index (χ0n) is 11.8. The molecule has 1 heterocycles. The first-order valence-electron chi connectivity index (χ1n) is 6.89. The summed E-state index contributed by atoms with van der Waals surface area (Å²) in [4.78, 5) is 24.6. The summed E-state index contributed by atoms with van der Waals surface area (Å²) in [5.41, 5.74) is 0. The smallest absolute Gasteiger partial charge is 0.328 e. The third-order valence-electron chi connectivity index (χ3n) is 3.18. The number of hydrogen-bond acceptors (Lipinski definition) is 5. The number of rotatable bonds is 7. The standard InChI is InChI=1S/C12H24N4O4/c1-9(17)10(11(18)19)15-12(20)14-3-2-6-16-7-4-13-5-8-16/h9-10,13,17H,2-8H2,1H3,(H,18,19)(H2,14,15,20)/t9-,10+/m1/s1. The summed E-state index contributed by atoms with van der Waals surface area (Å²) in [5.74, 6) is -1.25. The van der Waals surface area contributed by atoms with Gasteiger partial charge >= 0.3 is 12.0 Å². The molecule has 0 bridgehead atoms. The van der Waals surface area contributed by atoms with Crippen molar-refractivity contribution in [3.63, 3.8) is 0 Å². The van der Waals surface area contributed by atoms with Crippen molar-refractivity contribution < 1.29 is 19.8 Å². The molecule has 0 saturated carbocycles. The number of piperazine rings is 1. The van der Waals surface area contributed by atoms with Gasteiger partial charge in [0, 0.05) is 32.7 Å². The first-order chi connectivity index (χ1) is 9.50. The molecule has 5 N–H and O–H groups in total. The van der Waals surface area contributed by atoms with Crippen LogP contribution in [0.2, 0.25) is 0 Å². The van der Waals surface area contributed by atoms with Gasteiger partial charge < -0.3 is 31.1 Å². The van der Waals surface area contributed by atoms with Crippen molar-refractivity contribution in [1.82, 2.24) is 20.9 Å². The lowest BCUT2D eigenvalue weighted by Gasteiger charge is -2.27. The quantitative estimate of drug-likeness (QED) is 0.361. The van der Waals surface area contributed by atoms with Gasteiger partial charge in [-0.15, -0.1) is 0 Å². The van der Waals surface area contributed by atoms with E-state index in [9.17, 15) is 14.7 Å². The van der Waals surface area contributed by atoms with E-state index >= 15 is 0 Å². The summed E-state index contributed by atoms with van der Waals surface area (Å²) in [7, 11) is 0. The van der Waals surface area contributed by atoms with Crippen LogP contribution in [0.3, 0.4) is 0 Å². The molecule has 20 heavy (non-hydrogen) atoms. The van der Waals surface area contributed by atoms with E-state index in [-0.39, 0.29) is 0 Å². The van der Waals surface area contributed by atoms with Crippen LogP contribution in [0.4, 0.5) is 4.79 Å². The number of aliphatic hydroxyl groups is 1. The number of amides is 2. The molecular weight excluding hydrogens is 264 g/mol. The third-order valence-corrected chi connectivity index (χ3v) is 3.18. The van der Waals surface area contributed by atoms with Crippen molar-refractivity contribution in [2.24, 2.45) is 0 Å². The van der Waals surface area contributed by atoms with Crippen molar-refractivity contribution in [3.05, 3.63) is 0 Å². The summed E-state index contributed by atoms with van der Waals surface area (Å²) in [6, 6.07) is -1.86. The lowest BCUT2D eigenvalue weighted by Crippen LogP contribution is -2.51. The molecule has 2 atom stereocenters. The molecule has 0 radical (unpaired) electrons. The Hall–Kier alpha value is -1.38. The molecule has 8 heteroatoms. The SMILES string of the molecule is C[C@@H](O)[C@H](NC(=O)NCCCN1CCNCC1)C(=O)O. The van der Waals surface area contributed by atoms with Crippen LogP contribution in [0.5, 0.6) is 0 Å². The molecule has 0 aromatic heterocycles. The van der Waals surface area contributed by atoms with Crippen molar-refractivity contribution in [3.8, 4) is 0 Å². The molecule has 0 unspecified atom stereocenters. The third kappa shape index (κ3) is 6.18. The summed E-state index contributed by atoms with van der Waals surface area (Å²) >= 11 is 0. The lowest BCUT2D eigenvalue weighted by atomic mass is 10.2. The number of aliphatic carboxylic acids is 1. The van der Waals surface area contributed by atoms with Gasteiger partial charge in [0.1, 0.15) is 0 Å². The van der Waals surface area contributed by atoms with E-state index in [0.717, 1.165) is 39.1 Å². The molecule has 0 aromatic carbocycles. The second kappa shape index (κ2) is 8.72. The normalized spacial score (nSPS) is 19.1.